The van der Waals surface area contributed by atoms with Gasteiger partial charge in [0.15, 0.2) is 5.82 Å². The first kappa shape index (κ1) is 18.7. The van der Waals surface area contributed by atoms with E-state index in [1.54, 1.807) is 12.4 Å². The summed E-state index contributed by atoms with van der Waals surface area (Å²) < 4.78 is 5.80. The highest BCUT2D eigenvalue weighted by atomic mass is 35.5. The number of ether oxygens (including phenoxy) is 1. The van der Waals surface area contributed by atoms with Gasteiger partial charge in [-0.1, -0.05) is 23.7 Å². The smallest absolute Gasteiger partial charge is 0.320 e. The molecule has 4 aliphatic rings. The molecule has 4 fully saturated rings. The highest BCUT2D eigenvalue weighted by molar-refractivity contribution is 6.30. The first-order valence-corrected chi connectivity index (χ1v) is 10.7. The summed E-state index contributed by atoms with van der Waals surface area (Å²) in [4.78, 5) is 21.3. The van der Waals surface area contributed by atoms with Gasteiger partial charge in [0.25, 0.3) is 5.88 Å². The Hall–Kier alpha value is -2.34. The Balaban J connectivity index is 1.24. The molecule has 0 atom stereocenters. The highest BCUT2D eigenvalue weighted by Gasteiger charge is 2.51. The molecule has 0 spiro atoms. The molecule has 2 N–H and O–H groups in total. The highest BCUT2D eigenvalue weighted by Crippen LogP contribution is 2.55. The van der Waals surface area contributed by atoms with Crippen LogP contribution in [0.2, 0.25) is 5.02 Å². The first-order valence-electron chi connectivity index (χ1n) is 10.3. The number of urea groups is 1. The average molecular weight is 413 g/mol. The second kappa shape index (κ2) is 7.48. The number of benzene rings is 1. The Bertz CT molecular complexity index is 884. The number of hydrogen-bond donors (Lipinski definition) is 2. The molecule has 2 amide bonds. The molecular weight excluding hydrogens is 388 g/mol. The number of nitrogens with zero attached hydrogens (tertiary/aromatic N) is 2. The molecule has 0 saturated heterocycles. The quantitative estimate of drug-likeness (QED) is 0.739. The molecule has 29 heavy (non-hydrogen) atoms. The van der Waals surface area contributed by atoms with E-state index in [2.05, 4.69) is 20.6 Å². The van der Waals surface area contributed by atoms with Crippen molar-refractivity contribution in [3.8, 4) is 5.88 Å². The van der Waals surface area contributed by atoms with E-state index in [9.17, 15) is 4.79 Å². The largest absolute Gasteiger partial charge is 0.470 e. The Morgan fingerprint density at radius 1 is 1.10 bits per heavy atom. The predicted molar refractivity (Wildman–Crippen MR) is 111 cm³/mol. The van der Waals surface area contributed by atoms with Gasteiger partial charge in [0, 0.05) is 23.0 Å². The first-order chi connectivity index (χ1) is 14.1. The topological polar surface area (TPSA) is 76.1 Å². The molecule has 6 nitrogen and oxygen atoms in total. The number of hydrogen-bond acceptors (Lipinski definition) is 4. The third-order valence-corrected chi connectivity index (χ3v) is 6.81. The Kier molecular flexibility index (Phi) is 4.82. The number of anilines is 1. The molecular formula is C22H25ClN4O2. The fraction of sp³-hybridized carbons (Fsp3) is 0.500. The average Bonchev–Trinajstić information content (AvgIpc) is 2.66. The van der Waals surface area contributed by atoms with Crippen LogP contribution in [-0.2, 0) is 6.61 Å². The minimum absolute atomic E-state index is 0.0527. The van der Waals surface area contributed by atoms with Crippen LogP contribution in [0.4, 0.5) is 10.6 Å². The molecule has 4 saturated carbocycles. The van der Waals surface area contributed by atoms with Crippen LogP contribution in [0.5, 0.6) is 5.88 Å². The van der Waals surface area contributed by atoms with E-state index < -0.39 is 0 Å². The molecule has 4 aliphatic carbocycles. The third-order valence-electron chi connectivity index (χ3n) is 6.58. The maximum Gasteiger partial charge on any atom is 0.320 e. The Labute approximate surface area is 175 Å². The van der Waals surface area contributed by atoms with Gasteiger partial charge in [-0.05, 0) is 74.0 Å². The molecule has 7 heteroatoms. The molecule has 152 valence electrons. The van der Waals surface area contributed by atoms with Crippen molar-refractivity contribution < 1.29 is 9.53 Å². The third kappa shape index (κ3) is 4.04. The van der Waals surface area contributed by atoms with Crippen LogP contribution in [0, 0.1) is 17.8 Å². The van der Waals surface area contributed by atoms with Crippen LogP contribution in [0.25, 0.3) is 0 Å². The number of amides is 2. The molecule has 4 bridgehead atoms. The summed E-state index contributed by atoms with van der Waals surface area (Å²) in [5, 5.41) is 6.80. The van der Waals surface area contributed by atoms with Gasteiger partial charge in [-0.2, -0.15) is 0 Å². The number of carbonyl (C=O) groups is 1. The van der Waals surface area contributed by atoms with Crippen molar-refractivity contribution in [2.24, 2.45) is 17.8 Å². The normalized spacial score (nSPS) is 29.5. The predicted octanol–water partition coefficient (Wildman–Crippen LogP) is 4.80. The van der Waals surface area contributed by atoms with Crippen molar-refractivity contribution in [1.29, 1.82) is 0 Å². The lowest BCUT2D eigenvalue weighted by atomic mass is 9.53. The van der Waals surface area contributed by atoms with Gasteiger partial charge in [0.2, 0.25) is 0 Å². The maximum absolute atomic E-state index is 12.8. The number of halogens is 1. The lowest BCUT2D eigenvalue weighted by Gasteiger charge is -2.56. The van der Waals surface area contributed by atoms with E-state index in [4.69, 9.17) is 16.3 Å². The molecule has 6 rings (SSSR count). The van der Waals surface area contributed by atoms with E-state index in [1.807, 2.05) is 24.3 Å². The number of rotatable bonds is 5. The minimum Gasteiger partial charge on any atom is -0.470 e. The molecule has 1 aromatic heterocycles. The summed E-state index contributed by atoms with van der Waals surface area (Å²) in [5.41, 5.74) is 0.871. The number of aromatic nitrogens is 2. The van der Waals surface area contributed by atoms with E-state index >= 15 is 0 Å². The van der Waals surface area contributed by atoms with Crippen LogP contribution in [0.3, 0.4) is 0 Å². The number of nitrogens with one attached hydrogen (secondary N) is 2. The molecule has 0 aliphatic heterocycles. The van der Waals surface area contributed by atoms with Crippen molar-refractivity contribution >= 4 is 23.4 Å². The monoisotopic (exact) mass is 412 g/mol. The van der Waals surface area contributed by atoms with Crippen LogP contribution in [-0.4, -0.2) is 21.5 Å². The summed E-state index contributed by atoms with van der Waals surface area (Å²) in [7, 11) is 0. The van der Waals surface area contributed by atoms with Gasteiger partial charge in [0.1, 0.15) is 6.61 Å². The lowest BCUT2D eigenvalue weighted by molar-refractivity contribution is -0.0127. The number of carbonyl (C=O) groups excluding carboxylic acids is 1. The standard InChI is InChI=1S/C22H25ClN4O2/c23-18-3-1-2-14(9-18)13-29-20-19(24-4-5-25-20)26-21(28)27-22-10-15-6-16(11-22)8-17(7-15)12-22/h1-5,9,15-17H,6-8,10-13H2,(H2,24,26,27,28). The molecule has 2 aromatic rings. The summed E-state index contributed by atoms with van der Waals surface area (Å²) in [5.74, 6) is 2.95. The molecule has 1 heterocycles. The fourth-order valence-corrected chi connectivity index (χ4v) is 6.15. The molecule has 0 radical (unpaired) electrons. The van der Waals surface area contributed by atoms with Gasteiger partial charge in [0.05, 0.1) is 0 Å². The van der Waals surface area contributed by atoms with Crippen molar-refractivity contribution in [2.75, 3.05) is 5.32 Å². The van der Waals surface area contributed by atoms with E-state index in [0.717, 1.165) is 42.6 Å². The van der Waals surface area contributed by atoms with Crippen molar-refractivity contribution in [3.05, 3.63) is 47.2 Å². The maximum atomic E-state index is 12.8. The Morgan fingerprint density at radius 3 is 2.48 bits per heavy atom. The van der Waals surface area contributed by atoms with Crippen LogP contribution >= 0.6 is 11.6 Å². The van der Waals surface area contributed by atoms with Gasteiger partial charge in [-0.15, -0.1) is 0 Å². The SMILES string of the molecule is O=C(Nc1nccnc1OCc1cccc(Cl)c1)NC12CC3CC(CC(C3)C1)C2. The van der Waals surface area contributed by atoms with Crippen molar-refractivity contribution in [3.63, 3.8) is 0 Å². The summed E-state index contributed by atoms with van der Waals surface area (Å²) in [6, 6.07) is 7.23. The van der Waals surface area contributed by atoms with Gasteiger partial charge in [-0.3, -0.25) is 5.32 Å². The van der Waals surface area contributed by atoms with Crippen LogP contribution < -0.4 is 15.4 Å². The second-order valence-corrected chi connectivity index (χ2v) is 9.34. The van der Waals surface area contributed by atoms with E-state index in [-0.39, 0.29) is 11.6 Å². The lowest BCUT2D eigenvalue weighted by Crippen LogP contribution is -2.60. The minimum atomic E-state index is -0.222. The zero-order chi connectivity index (χ0) is 19.8. The summed E-state index contributed by atoms with van der Waals surface area (Å²) >= 11 is 6.03. The Morgan fingerprint density at radius 2 is 1.79 bits per heavy atom. The van der Waals surface area contributed by atoms with E-state index in [1.165, 1.54) is 19.3 Å². The van der Waals surface area contributed by atoms with Crippen molar-refractivity contribution in [2.45, 2.75) is 50.7 Å². The van der Waals surface area contributed by atoms with Crippen LogP contribution in [0.1, 0.15) is 44.1 Å². The van der Waals surface area contributed by atoms with Crippen LogP contribution in [0.15, 0.2) is 36.7 Å². The van der Waals surface area contributed by atoms with Gasteiger partial charge >= 0.3 is 6.03 Å². The van der Waals surface area contributed by atoms with E-state index in [0.29, 0.717) is 23.3 Å². The van der Waals surface area contributed by atoms with Gasteiger partial charge < -0.3 is 10.1 Å². The fourth-order valence-electron chi connectivity index (χ4n) is 5.94. The zero-order valence-electron chi connectivity index (χ0n) is 16.2. The van der Waals surface area contributed by atoms with Crippen molar-refractivity contribution in [1.82, 2.24) is 15.3 Å². The summed E-state index contributed by atoms with van der Waals surface area (Å²) in [6.45, 7) is 0.296. The molecule has 1 aromatic carbocycles. The van der Waals surface area contributed by atoms with Gasteiger partial charge in [-0.25, -0.2) is 14.8 Å². The zero-order valence-corrected chi connectivity index (χ0v) is 17.0. The molecule has 0 unspecified atom stereocenters. The summed E-state index contributed by atoms with van der Waals surface area (Å²) in [6.07, 6.45) is 10.4. The second-order valence-electron chi connectivity index (χ2n) is 8.91.